The first-order chi connectivity index (χ1) is 10.8. The number of unbranched alkanes of at least 4 members (excludes halogenated alkanes) is 11. The second kappa shape index (κ2) is 18.5. The maximum atomic E-state index is 11.1. The first-order valence-electron chi connectivity index (χ1n) is 9.67. The number of carbonyl (C=O) groups excluding carboxylic acids is 1. The number of esters is 1. The molecule has 132 valence electrons. The Morgan fingerprint density at radius 2 is 1.23 bits per heavy atom. The van der Waals surface area contributed by atoms with Gasteiger partial charge in [0.15, 0.2) is 0 Å². The Balaban J connectivity index is 3.01. The van der Waals surface area contributed by atoms with E-state index in [-0.39, 0.29) is 5.97 Å². The van der Waals surface area contributed by atoms with Crippen LogP contribution in [0.4, 0.5) is 0 Å². The van der Waals surface area contributed by atoms with Gasteiger partial charge in [0, 0.05) is 6.54 Å². The van der Waals surface area contributed by atoms with Gasteiger partial charge in [0.1, 0.15) is 0 Å². The van der Waals surface area contributed by atoms with Crippen LogP contribution in [0.1, 0.15) is 97.3 Å². The molecule has 0 aliphatic rings. The average Bonchev–Trinajstić information content (AvgIpc) is 2.51. The van der Waals surface area contributed by atoms with Gasteiger partial charge < -0.3 is 10.1 Å². The smallest absolute Gasteiger partial charge is 0.307 e. The first kappa shape index (κ1) is 21.4. The fourth-order valence-electron chi connectivity index (χ4n) is 2.64. The van der Waals surface area contributed by atoms with Gasteiger partial charge in [0.2, 0.25) is 0 Å². The zero-order chi connectivity index (χ0) is 16.3. The lowest BCUT2D eigenvalue weighted by Gasteiger charge is -2.05. The van der Waals surface area contributed by atoms with Crippen molar-refractivity contribution in [1.82, 2.24) is 5.32 Å². The van der Waals surface area contributed by atoms with E-state index < -0.39 is 0 Å². The van der Waals surface area contributed by atoms with Crippen molar-refractivity contribution in [1.29, 1.82) is 0 Å². The van der Waals surface area contributed by atoms with Crippen LogP contribution >= 0.6 is 0 Å². The second-order valence-corrected chi connectivity index (χ2v) is 6.19. The zero-order valence-electron chi connectivity index (χ0n) is 15.1. The molecule has 1 N–H and O–H groups in total. The minimum atomic E-state index is -0.0929. The summed E-state index contributed by atoms with van der Waals surface area (Å²) in [6.45, 7) is 6.37. The van der Waals surface area contributed by atoms with Crippen LogP contribution in [-0.4, -0.2) is 25.7 Å². The highest BCUT2D eigenvalue weighted by molar-refractivity contribution is 5.69. The van der Waals surface area contributed by atoms with E-state index in [1.807, 2.05) is 6.92 Å². The summed E-state index contributed by atoms with van der Waals surface area (Å²) < 4.78 is 4.88. The minimum absolute atomic E-state index is 0.0929. The zero-order valence-corrected chi connectivity index (χ0v) is 15.1. The Morgan fingerprint density at radius 1 is 0.727 bits per heavy atom. The van der Waals surface area contributed by atoms with Crippen molar-refractivity contribution in [3.8, 4) is 0 Å². The van der Waals surface area contributed by atoms with Gasteiger partial charge in [-0.3, -0.25) is 4.79 Å². The molecule has 3 nitrogen and oxygen atoms in total. The van der Waals surface area contributed by atoms with Crippen molar-refractivity contribution in [2.45, 2.75) is 97.3 Å². The van der Waals surface area contributed by atoms with Gasteiger partial charge in [-0.1, -0.05) is 77.6 Å². The average molecular weight is 314 g/mol. The summed E-state index contributed by atoms with van der Waals surface area (Å²) in [6, 6.07) is 0. The third kappa shape index (κ3) is 17.5. The molecular formula is C19H39NO2. The van der Waals surface area contributed by atoms with Crippen LogP contribution in [0.25, 0.3) is 0 Å². The van der Waals surface area contributed by atoms with E-state index in [1.165, 1.54) is 77.0 Å². The van der Waals surface area contributed by atoms with Crippen molar-refractivity contribution >= 4 is 5.97 Å². The summed E-state index contributed by atoms with van der Waals surface area (Å²) in [5.41, 5.74) is 0. The Labute approximate surface area is 138 Å². The topological polar surface area (TPSA) is 38.3 Å². The number of hydrogen-bond donors (Lipinski definition) is 1. The number of ether oxygens (including phenoxy) is 1. The molecule has 0 atom stereocenters. The molecule has 0 saturated heterocycles. The Morgan fingerprint density at radius 3 is 1.73 bits per heavy atom. The van der Waals surface area contributed by atoms with Gasteiger partial charge in [0.05, 0.1) is 13.0 Å². The number of rotatable bonds is 17. The lowest BCUT2D eigenvalue weighted by atomic mass is 10.1. The standard InChI is InChI=1S/C19H39NO2/c1-3-5-6-7-8-9-10-11-12-13-14-15-17-20-18-16-19(21)22-4-2/h20H,3-18H2,1-2H3. The molecule has 0 radical (unpaired) electrons. The van der Waals surface area contributed by atoms with E-state index in [9.17, 15) is 4.79 Å². The molecule has 0 aromatic rings. The van der Waals surface area contributed by atoms with Crippen LogP contribution in [0, 0.1) is 0 Å². The van der Waals surface area contributed by atoms with Crippen molar-refractivity contribution < 1.29 is 9.53 Å². The van der Waals surface area contributed by atoms with Crippen LogP contribution in [0.15, 0.2) is 0 Å². The lowest BCUT2D eigenvalue weighted by Crippen LogP contribution is -2.20. The van der Waals surface area contributed by atoms with Gasteiger partial charge in [-0.05, 0) is 19.9 Å². The third-order valence-electron chi connectivity index (χ3n) is 4.02. The maximum Gasteiger partial charge on any atom is 0.307 e. The van der Waals surface area contributed by atoms with Gasteiger partial charge in [0.25, 0.3) is 0 Å². The number of nitrogens with one attached hydrogen (secondary N) is 1. The van der Waals surface area contributed by atoms with Crippen molar-refractivity contribution in [3.63, 3.8) is 0 Å². The molecule has 0 aliphatic carbocycles. The van der Waals surface area contributed by atoms with Gasteiger partial charge in [-0.2, -0.15) is 0 Å². The quantitative estimate of drug-likeness (QED) is 0.295. The maximum absolute atomic E-state index is 11.1. The van der Waals surface area contributed by atoms with E-state index in [4.69, 9.17) is 4.74 Å². The van der Waals surface area contributed by atoms with E-state index in [2.05, 4.69) is 12.2 Å². The third-order valence-corrected chi connectivity index (χ3v) is 4.02. The van der Waals surface area contributed by atoms with Crippen molar-refractivity contribution in [2.75, 3.05) is 19.7 Å². The largest absolute Gasteiger partial charge is 0.466 e. The predicted octanol–water partition coefficient (Wildman–Crippen LogP) is 5.23. The number of hydrogen-bond acceptors (Lipinski definition) is 3. The molecule has 0 fully saturated rings. The molecule has 3 heteroatoms. The Bertz CT molecular complexity index is 231. The van der Waals surface area contributed by atoms with Gasteiger partial charge in [-0.15, -0.1) is 0 Å². The summed E-state index contributed by atoms with van der Waals surface area (Å²) in [6.07, 6.45) is 17.1. The highest BCUT2D eigenvalue weighted by atomic mass is 16.5. The van der Waals surface area contributed by atoms with Crippen LogP contribution in [0.3, 0.4) is 0 Å². The Hall–Kier alpha value is -0.570. The summed E-state index contributed by atoms with van der Waals surface area (Å²) in [4.78, 5) is 11.1. The van der Waals surface area contributed by atoms with E-state index in [1.54, 1.807) is 0 Å². The van der Waals surface area contributed by atoms with E-state index >= 15 is 0 Å². The van der Waals surface area contributed by atoms with Crippen molar-refractivity contribution in [3.05, 3.63) is 0 Å². The first-order valence-corrected chi connectivity index (χ1v) is 9.67. The van der Waals surface area contributed by atoms with E-state index in [0.717, 1.165) is 13.1 Å². The molecule has 0 spiro atoms. The van der Waals surface area contributed by atoms with Crippen LogP contribution in [0.2, 0.25) is 0 Å². The minimum Gasteiger partial charge on any atom is -0.466 e. The normalized spacial score (nSPS) is 10.8. The number of carbonyl (C=O) groups is 1. The van der Waals surface area contributed by atoms with Gasteiger partial charge >= 0.3 is 5.97 Å². The molecule has 0 unspecified atom stereocenters. The molecule has 0 heterocycles. The fraction of sp³-hybridized carbons (Fsp3) is 0.947. The SMILES string of the molecule is CCCCCCCCCCCCCCNCCC(=O)OCC. The molecule has 0 amide bonds. The molecule has 22 heavy (non-hydrogen) atoms. The summed E-state index contributed by atoms with van der Waals surface area (Å²) in [5.74, 6) is -0.0929. The Kier molecular flexibility index (Phi) is 18.0. The second-order valence-electron chi connectivity index (χ2n) is 6.19. The molecular weight excluding hydrogens is 274 g/mol. The van der Waals surface area contributed by atoms with E-state index in [0.29, 0.717) is 13.0 Å². The van der Waals surface area contributed by atoms with Crippen LogP contribution < -0.4 is 5.32 Å². The monoisotopic (exact) mass is 313 g/mol. The molecule has 0 saturated carbocycles. The van der Waals surface area contributed by atoms with Gasteiger partial charge in [-0.25, -0.2) is 0 Å². The molecule has 0 bridgehead atoms. The predicted molar refractivity (Wildman–Crippen MR) is 95.2 cm³/mol. The fourth-order valence-corrected chi connectivity index (χ4v) is 2.64. The van der Waals surface area contributed by atoms with Crippen molar-refractivity contribution in [2.24, 2.45) is 0 Å². The summed E-state index contributed by atoms with van der Waals surface area (Å²) in [5, 5.41) is 3.31. The van der Waals surface area contributed by atoms with Crippen LogP contribution in [-0.2, 0) is 9.53 Å². The lowest BCUT2D eigenvalue weighted by molar-refractivity contribution is -0.142. The summed E-state index contributed by atoms with van der Waals surface area (Å²) >= 11 is 0. The molecule has 0 aromatic carbocycles. The highest BCUT2D eigenvalue weighted by Crippen LogP contribution is 2.11. The molecule has 0 aliphatic heterocycles. The van der Waals surface area contributed by atoms with Crippen LogP contribution in [0.5, 0.6) is 0 Å². The molecule has 0 aromatic heterocycles. The summed E-state index contributed by atoms with van der Waals surface area (Å²) in [7, 11) is 0. The highest BCUT2D eigenvalue weighted by Gasteiger charge is 1.99. The molecule has 0 rings (SSSR count).